The summed E-state index contributed by atoms with van der Waals surface area (Å²) >= 11 is 0. The van der Waals surface area contributed by atoms with Crippen molar-refractivity contribution in [3.8, 4) is 0 Å². The topological polar surface area (TPSA) is 57.6 Å². The van der Waals surface area contributed by atoms with Gasteiger partial charge in [0.05, 0.1) is 0 Å². The number of hydrogen-bond donors (Lipinski definition) is 1. The van der Waals surface area contributed by atoms with Crippen LogP contribution in [0.25, 0.3) is 0 Å². The van der Waals surface area contributed by atoms with Crippen LogP contribution in [0, 0.1) is 5.92 Å². The van der Waals surface area contributed by atoms with Crippen molar-refractivity contribution in [3.05, 3.63) is 0 Å². The van der Waals surface area contributed by atoms with E-state index in [2.05, 4.69) is 0 Å². The van der Waals surface area contributed by atoms with Gasteiger partial charge in [0, 0.05) is 13.1 Å². The number of hydrogen-bond acceptors (Lipinski definition) is 2. The van der Waals surface area contributed by atoms with E-state index >= 15 is 0 Å². The standard InChI is InChI=1S/C8H13NO3/c1-6-3-2-4-9(5-6)7(10)8(11)12/h6H,2-5H2,1H3,(H,11,12)/t6-/m0/s1. The monoisotopic (exact) mass is 171 g/mol. The fourth-order valence-corrected chi connectivity index (χ4v) is 1.51. The van der Waals surface area contributed by atoms with Crippen LogP contribution in [0.3, 0.4) is 0 Å². The third-order valence-electron chi connectivity index (χ3n) is 2.13. The van der Waals surface area contributed by atoms with Crippen molar-refractivity contribution in [1.29, 1.82) is 0 Å². The first-order valence-corrected chi connectivity index (χ1v) is 4.13. The Hall–Kier alpha value is -1.06. The van der Waals surface area contributed by atoms with Crippen LogP contribution in [-0.2, 0) is 9.59 Å². The van der Waals surface area contributed by atoms with Crippen LogP contribution in [0.5, 0.6) is 0 Å². The van der Waals surface area contributed by atoms with Crippen molar-refractivity contribution in [3.63, 3.8) is 0 Å². The van der Waals surface area contributed by atoms with Gasteiger partial charge in [0.1, 0.15) is 0 Å². The second-order valence-corrected chi connectivity index (χ2v) is 3.30. The summed E-state index contributed by atoms with van der Waals surface area (Å²) in [6.07, 6.45) is 2.00. The summed E-state index contributed by atoms with van der Waals surface area (Å²) in [6, 6.07) is 0. The minimum atomic E-state index is -1.34. The number of carbonyl (C=O) groups is 2. The second kappa shape index (κ2) is 3.56. The summed E-state index contributed by atoms with van der Waals surface area (Å²) in [5.41, 5.74) is 0. The Morgan fingerprint density at radius 2 is 2.17 bits per heavy atom. The number of nitrogens with zero attached hydrogens (tertiary/aromatic N) is 1. The van der Waals surface area contributed by atoms with E-state index < -0.39 is 11.9 Å². The molecule has 0 aromatic rings. The first-order chi connectivity index (χ1) is 5.61. The Balaban J connectivity index is 2.51. The lowest BCUT2D eigenvalue weighted by atomic mass is 10.0. The number of amides is 1. The molecule has 0 aromatic carbocycles. The molecule has 12 heavy (non-hydrogen) atoms. The lowest BCUT2D eigenvalue weighted by molar-refractivity contribution is -0.156. The van der Waals surface area contributed by atoms with Gasteiger partial charge in [0.15, 0.2) is 0 Å². The lowest BCUT2D eigenvalue weighted by Crippen LogP contribution is -2.42. The number of aliphatic carboxylic acids is 1. The maximum Gasteiger partial charge on any atom is 0.394 e. The Bertz CT molecular complexity index is 202. The molecule has 0 unspecified atom stereocenters. The Morgan fingerprint density at radius 1 is 1.50 bits per heavy atom. The number of carbonyl (C=O) groups excluding carboxylic acids is 1. The van der Waals surface area contributed by atoms with Gasteiger partial charge in [0.25, 0.3) is 0 Å². The summed E-state index contributed by atoms with van der Waals surface area (Å²) in [5, 5.41) is 8.43. The van der Waals surface area contributed by atoms with Gasteiger partial charge in [-0.25, -0.2) is 4.79 Å². The zero-order valence-electron chi connectivity index (χ0n) is 7.12. The molecule has 1 amide bonds. The molecular weight excluding hydrogens is 158 g/mol. The molecule has 0 aliphatic carbocycles. The highest BCUT2D eigenvalue weighted by Crippen LogP contribution is 2.15. The lowest BCUT2D eigenvalue weighted by Gasteiger charge is -2.29. The van der Waals surface area contributed by atoms with Crippen molar-refractivity contribution >= 4 is 11.9 Å². The van der Waals surface area contributed by atoms with Crippen LogP contribution in [-0.4, -0.2) is 35.0 Å². The molecule has 0 radical (unpaired) electrons. The van der Waals surface area contributed by atoms with Crippen LogP contribution in [0.1, 0.15) is 19.8 Å². The summed E-state index contributed by atoms with van der Waals surface area (Å²) in [4.78, 5) is 22.7. The summed E-state index contributed by atoms with van der Waals surface area (Å²) < 4.78 is 0. The highest BCUT2D eigenvalue weighted by Gasteiger charge is 2.25. The molecule has 1 rings (SSSR count). The number of carboxylic acids is 1. The normalized spacial score (nSPS) is 23.8. The third-order valence-corrected chi connectivity index (χ3v) is 2.13. The molecule has 68 valence electrons. The molecule has 4 nitrogen and oxygen atoms in total. The SMILES string of the molecule is C[C@H]1CCCN(C(=O)C(=O)O)C1. The number of piperidine rings is 1. The van der Waals surface area contributed by atoms with Crippen LogP contribution in [0.2, 0.25) is 0 Å². The summed E-state index contributed by atoms with van der Waals surface area (Å²) in [5.74, 6) is -1.67. The summed E-state index contributed by atoms with van der Waals surface area (Å²) in [6.45, 7) is 3.21. The maximum absolute atomic E-state index is 11.0. The highest BCUT2D eigenvalue weighted by atomic mass is 16.4. The van der Waals surface area contributed by atoms with Crippen molar-refractivity contribution < 1.29 is 14.7 Å². The fourth-order valence-electron chi connectivity index (χ4n) is 1.51. The Labute approximate surface area is 71.2 Å². The molecule has 0 bridgehead atoms. The fraction of sp³-hybridized carbons (Fsp3) is 0.750. The van der Waals surface area contributed by atoms with Crippen LogP contribution >= 0.6 is 0 Å². The zero-order chi connectivity index (χ0) is 9.14. The molecule has 1 N–H and O–H groups in total. The first kappa shape index (κ1) is 9.03. The molecular formula is C8H13NO3. The van der Waals surface area contributed by atoms with Gasteiger partial charge in [-0.05, 0) is 18.8 Å². The van der Waals surface area contributed by atoms with Crippen LogP contribution in [0.4, 0.5) is 0 Å². The van der Waals surface area contributed by atoms with Crippen molar-refractivity contribution in [1.82, 2.24) is 4.90 Å². The first-order valence-electron chi connectivity index (χ1n) is 4.13. The molecule has 4 heteroatoms. The predicted octanol–water partition coefficient (Wildman–Crippen LogP) is 0.329. The second-order valence-electron chi connectivity index (χ2n) is 3.30. The van der Waals surface area contributed by atoms with E-state index in [-0.39, 0.29) is 0 Å². The van der Waals surface area contributed by atoms with E-state index in [4.69, 9.17) is 5.11 Å². The molecule has 0 aromatic heterocycles. The molecule has 1 saturated heterocycles. The van der Waals surface area contributed by atoms with E-state index in [9.17, 15) is 9.59 Å². The highest BCUT2D eigenvalue weighted by molar-refractivity contribution is 6.31. The zero-order valence-corrected chi connectivity index (χ0v) is 7.12. The smallest absolute Gasteiger partial charge is 0.394 e. The van der Waals surface area contributed by atoms with Gasteiger partial charge >= 0.3 is 11.9 Å². The van der Waals surface area contributed by atoms with Gasteiger partial charge in [-0.2, -0.15) is 0 Å². The van der Waals surface area contributed by atoms with Gasteiger partial charge in [-0.1, -0.05) is 6.92 Å². The van der Waals surface area contributed by atoms with Gasteiger partial charge in [-0.15, -0.1) is 0 Å². The number of carboxylic acid groups (broad SMARTS) is 1. The quantitative estimate of drug-likeness (QED) is 0.534. The number of likely N-dealkylation sites (tertiary alicyclic amines) is 1. The average Bonchev–Trinajstić information content (AvgIpc) is 2.03. The molecule has 1 atom stereocenters. The van der Waals surface area contributed by atoms with Crippen LogP contribution in [0.15, 0.2) is 0 Å². The van der Waals surface area contributed by atoms with E-state index in [1.807, 2.05) is 6.92 Å². The van der Waals surface area contributed by atoms with Gasteiger partial charge in [0.2, 0.25) is 0 Å². The molecule has 1 fully saturated rings. The molecule has 0 saturated carbocycles. The molecule has 1 heterocycles. The molecule has 1 aliphatic rings. The van der Waals surface area contributed by atoms with E-state index in [0.717, 1.165) is 12.8 Å². The summed E-state index contributed by atoms with van der Waals surface area (Å²) in [7, 11) is 0. The Morgan fingerprint density at radius 3 is 2.67 bits per heavy atom. The van der Waals surface area contributed by atoms with Gasteiger partial charge in [-0.3, -0.25) is 4.79 Å². The van der Waals surface area contributed by atoms with E-state index in [1.54, 1.807) is 0 Å². The number of rotatable bonds is 0. The molecule has 1 aliphatic heterocycles. The average molecular weight is 171 g/mol. The largest absolute Gasteiger partial charge is 0.474 e. The van der Waals surface area contributed by atoms with Crippen molar-refractivity contribution in [2.24, 2.45) is 5.92 Å². The Kier molecular flexibility index (Phi) is 2.68. The maximum atomic E-state index is 11.0. The van der Waals surface area contributed by atoms with E-state index in [1.165, 1.54) is 4.90 Å². The third kappa shape index (κ3) is 1.96. The molecule has 0 spiro atoms. The van der Waals surface area contributed by atoms with Crippen LogP contribution < -0.4 is 0 Å². The minimum Gasteiger partial charge on any atom is -0.474 e. The minimum absolute atomic E-state index is 0.432. The van der Waals surface area contributed by atoms with Gasteiger partial charge < -0.3 is 10.0 Å². The predicted molar refractivity (Wildman–Crippen MR) is 42.6 cm³/mol. The van der Waals surface area contributed by atoms with E-state index in [0.29, 0.717) is 19.0 Å². The van der Waals surface area contributed by atoms with Crippen molar-refractivity contribution in [2.45, 2.75) is 19.8 Å². The van der Waals surface area contributed by atoms with Crippen molar-refractivity contribution in [2.75, 3.05) is 13.1 Å².